The van der Waals surface area contributed by atoms with Gasteiger partial charge in [0.2, 0.25) is 0 Å². The van der Waals surface area contributed by atoms with Crippen LogP contribution in [0.25, 0.3) is 0 Å². The molecule has 5 heteroatoms. The average molecular weight is 376 g/mol. The molecule has 21 heavy (non-hydrogen) atoms. The number of hydrogen-bond acceptors (Lipinski definition) is 3. The molecule has 1 fully saturated rings. The summed E-state index contributed by atoms with van der Waals surface area (Å²) in [6, 6.07) is 4.23. The summed E-state index contributed by atoms with van der Waals surface area (Å²) in [4.78, 5) is 2.39. The van der Waals surface area contributed by atoms with Gasteiger partial charge >= 0.3 is 0 Å². The molecule has 3 nitrogen and oxygen atoms in total. The Labute approximate surface area is 141 Å². The number of anilines is 1. The molecule has 1 N–H and O–H groups in total. The Morgan fingerprint density at radius 2 is 2.10 bits per heavy atom. The largest absolute Gasteiger partial charge is 0.491 e. The Morgan fingerprint density at radius 1 is 1.43 bits per heavy atom. The van der Waals surface area contributed by atoms with Gasteiger partial charge in [0.25, 0.3) is 0 Å². The van der Waals surface area contributed by atoms with Crippen LogP contribution in [0.5, 0.6) is 5.75 Å². The SMILES string of the molecule is CCOc1c(Br)cc(Cl)cc1NC(C)C1CCN(C)CC1. The van der Waals surface area contributed by atoms with Crippen LogP contribution in [0, 0.1) is 5.92 Å². The molecular weight excluding hydrogens is 352 g/mol. The van der Waals surface area contributed by atoms with Crippen molar-refractivity contribution in [3.05, 3.63) is 21.6 Å². The van der Waals surface area contributed by atoms with Crippen molar-refractivity contribution in [2.75, 3.05) is 32.1 Å². The van der Waals surface area contributed by atoms with Crippen molar-refractivity contribution in [3.8, 4) is 5.75 Å². The van der Waals surface area contributed by atoms with Crippen molar-refractivity contribution in [3.63, 3.8) is 0 Å². The number of piperidine rings is 1. The van der Waals surface area contributed by atoms with E-state index < -0.39 is 0 Å². The Hall–Kier alpha value is -0.450. The lowest BCUT2D eigenvalue weighted by Gasteiger charge is -2.33. The fraction of sp³-hybridized carbons (Fsp3) is 0.625. The van der Waals surface area contributed by atoms with Gasteiger partial charge < -0.3 is 15.0 Å². The van der Waals surface area contributed by atoms with E-state index >= 15 is 0 Å². The summed E-state index contributed by atoms with van der Waals surface area (Å²) in [6.45, 7) is 7.23. The van der Waals surface area contributed by atoms with Crippen molar-refractivity contribution >= 4 is 33.2 Å². The highest BCUT2D eigenvalue weighted by Crippen LogP contribution is 2.37. The zero-order valence-electron chi connectivity index (χ0n) is 13.0. The van der Waals surface area contributed by atoms with E-state index in [1.165, 1.54) is 25.9 Å². The zero-order chi connectivity index (χ0) is 15.4. The molecule has 0 amide bonds. The number of rotatable bonds is 5. The minimum Gasteiger partial charge on any atom is -0.491 e. The Balaban J connectivity index is 2.10. The van der Waals surface area contributed by atoms with Gasteiger partial charge in [-0.15, -0.1) is 0 Å². The van der Waals surface area contributed by atoms with Crippen LogP contribution >= 0.6 is 27.5 Å². The van der Waals surface area contributed by atoms with E-state index in [0.29, 0.717) is 23.6 Å². The minimum atomic E-state index is 0.406. The van der Waals surface area contributed by atoms with Gasteiger partial charge in [0.1, 0.15) is 0 Å². The first-order valence-electron chi connectivity index (χ1n) is 7.58. The molecule has 1 aliphatic rings. The van der Waals surface area contributed by atoms with Crippen LogP contribution in [-0.2, 0) is 0 Å². The van der Waals surface area contributed by atoms with Crippen LogP contribution in [-0.4, -0.2) is 37.7 Å². The molecule has 0 radical (unpaired) electrons. The first-order chi connectivity index (χ1) is 10.0. The first-order valence-corrected chi connectivity index (χ1v) is 8.75. The topological polar surface area (TPSA) is 24.5 Å². The molecular formula is C16H24BrClN2O. The summed E-state index contributed by atoms with van der Waals surface area (Å²) in [5.41, 5.74) is 0.975. The zero-order valence-corrected chi connectivity index (χ0v) is 15.3. The lowest BCUT2D eigenvalue weighted by Crippen LogP contribution is -2.37. The molecule has 1 unspecified atom stereocenters. The Bertz CT molecular complexity index is 476. The van der Waals surface area contributed by atoms with Gasteiger partial charge in [0, 0.05) is 11.1 Å². The third-order valence-electron chi connectivity index (χ3n) is 4.15. The van der Waals surface area contributed by atoms with E-state index in [9.17, 15) is 0 Å². The highest BCUT2D eigenvalue weighted by Gasteiger charge is 2.23. The molecule has 1 aromatic carbocycles. The van der Waals surface area contributed by atoms with Crippen molar-refractivity contribution in [2.45, 2.75) is 32.7 Å². The van der Waals surface area contributed by atoms with Crippen molar-refractivity contribution in [1.82, 2.24) is 4.90 Å². The van der Waals surface area contributed by atoms with E-state index in [2.05, 4.69) is 40.1 Å². The maximum atomic E-state index is 6.18. The van der Waals surface area contributed by atoms with Crippen molar-refractivity contribution in [2.24, 2.45) is 5.92 Å². The van der Waals surface area contributed by atoms with Crippen LogP contribution in [0.15, 0.2) is 16.6 Å². The molecule has 0 saturated carbocycles. The van der Waals surface area contributed by atoms with E-state index in [1.807, 2.05) is 19.1 Å². The quantitative estimate of drug-likeness (QED) is 0.811. The molecule has 0 aromatic heterocycles. The second-order valence-corrected chi connectivity index (χ2v) is 7.06. The van der Waals surface area contributed by atoms with Crippen LogP contribution in [0.2, 0.25) is 5.02 Å². The average Bonchev–Trinajstić information content (AvgIpc) is 2.43. The highest BCUT2D eigenvalue weighted by atomic mass is 79.9. The minimum absolute atomic E-state index is 0.406. The molecule has 1 saturated heterocycles. The predicted octanol–water partition coefficient (Wildman–Crippen LogP) is 4.64. The number of likely N-dealkylation sites (tertiary alicyclic amines) is 1. The van der Waals surface area contributed by atoms with Gasteiger partial charge in [-0.25, -0.2) is 0 Å². The Morgan fingerprint density at radius 3 is 2.71 bits per heavy atom. The van der Waals surface area contributed by atoms with Crippen LogP contribution in [0.4, 0.5) is 5.69 Å². The fourth-order valence-corrected chi connectivity index (χ4v) is 3.77. The summed E-state index contributed by atoms with van der Waals surface area (Å²) in [6.07, 6.45) is 2.47. The fourth-order valence-electron chi connectivity index (χ4n) is 2.85. The predicted molar refractivity (Wildman–Crippen MR) is 93.6 cm³/mol. The van der Waals surface area contributed by atoms with Gasteiger partial charge in [-0.1, -0.05) is 11.6 Å². The second-order valence-electron chi connectivity index (χ2n) is 5.77. The molecule has 2 rings (SSSR count). The number of nitrogens with zero attached hydrogens (tertiary/aromatic N) is 1. The van der Waals surface area contributed by atoms with Gasteiger partial charge in [-0.3, -0.25) is 0 Å². The van der Waals surface area contributed by atoms with Gasteiger partial charge in [-0.05, 0) is 80.8 Å². The smallest absolute Gasteiger partial charge is 0.156 e. The molecule has 1 aliphatic heterocycles. The third-order valence-corrected chi connectivity index (χ3v) is 4.96. The normalized spacial score (nSPS) is 18.5. The molecule has 1 aromatic rings. The standard InChI is InChI=1S/C16H24BrClN2O/c1-4-21-16-14(17)9-13(18)10-15(16)19-11(2)12-5-7-20(3)8-6-12/h9-12,19H,4-8H2,1-3H3. The summed E-state index contributed by atoms with van der Waals surface area (Å²) < 4.78 is 6.65. The third kappa shape index (κ3) is 4.51. The molecule has 0 spiro atoms. The molecule has 0 aliphatic carbocycles. The summed E-state index contributed by atoms with van der Waals surface area (Å²) >= 11 is 9.72. The monoisotopic (exact) mass is 374 g/mol. The number of hydrogen-bond donors (Lipinski definition) is 1. The summed E-state index contributed by atoms with van der Waals surface area (Å²) in [5.74, 6) is 1.54. The highest BCUT2D eigenvalue weighted by molar-refractivity contribution is 9.10. The van der Waals surface area contributed by atoms with Crippen LogP contribution < -0.4 is 10.1 Å². The molecule has 1 heterocycles. The lowest BCUT2D eigenvalue weighted by molar-refractivity contribution is 0.208. The van der Waals surface area contributed by atoms with E-state index in [0.717, 1.165) is 15.9 Å². The molecule has 118 valence electrons. The first kappa shape index (κ1) is 16.9. The number of halogens is 2. The number of benzene rings is 1. The number of nitrogens with one attached hydrogen (secondary N) is 1. The lowest BCUT2D eigenvalue weighted by atomic mass is 9.90. The molecule has 0 bridgehead atoms. The second kappa shape index (κ2) is 7.70. The van der Waals surface area contributed by atoms with Gasteiger partial charge in [-0.2, -0.15) is 0 Å². The maximum Gasteiger partial charge on any atom is 0.156 e. The summed E-state index contributed by atoms with van der Waals surface area (Å²) in [5, 5.41) is 4.32. The van der Waals surface area contributed by atoms with E-state index in [4.69, 9.17) is 16.3 Å². The maximum absolute atomic E-state index is 6.18. The molecule has 1 atom stereocenters. The van der Waals surface area contributed by atoms with Gasteiger partial charge in [0.15, 0.2) is 5.75 Å². The number of ether oxygens (including phenoxy) is 1. The summed E-state index contributed by atoms with van der Waals surface area (Å²) in [7, 11) is 2.19. The Kier molecular flexibility index (Phi) is 6.20. The van der Waals surface area contributed by atoms with E-state index in [-0.39, 0.29) is 0 Å². The van der Waals surface area contributed by atoms with E-state index in [1.54, 1.807) is 0 Å². The van der Waals surface area contributed by atoms with Crippen molar-refractivity contribution in [1.29, 1.82) is 0 Å². The van der Waals surface area contributed by atoms with Crippen molar-refractivity contribution < 1.29 is 4.74 Å². The van der Waals surface area contributed by atoms with Crippen LogP contribution in [0.1, 0.15) is 26.7 Å². The van der Waals surface area contributed by atoms with Crippen LogP contribution in [0.3, 0.4) is 0 Å². The van der Waals surface area contributed by atoms with Gasteiger partial charge in [0.05, 0.1) is 16.8 Å².